The Kier molecular flexibility index (Phi) is 6.22. The molecule has 1 amide bonds. The molecule has 0 heterocycles. The average Bonchev–Trinajstić information content (AvgIpc) is 2.74. The van der Waals surface area contributed by atoms with E-state index in [1.807, 2.05) is 0 Å². The lowest BCUT2D eigenvalue weighted by Crippen LogP contribution is -2.14. The van der Waals surface area contributed by atoms with Crippen LogP contribution < -0.4 is 19.5 Å². The van der Waals surface area contributed by atoms with Gasteiger partial charge in [0.1, 0.15) is 17.3 Å². The maximum absolute atomic E-state index is 13.0. The highest BCUT2D eigenvalue weighted by atomic mass is 32.2. The Morgan fingerprint density at radius 1 is 0.833 bits per heavy atom. The monoisotopic (exact) mass is 430 g/mol. The summed E-state index contributed by atoms with van der Waals surface area (Å²) < 4.78 is 50.4. The minimum Gasteiger partial charge on any atom is -0.497 e. The summed E-state index contributed by atoms with van der Waals surface area (Å²) in [6.45, 7) is 0. The van der Waals surface area contributed by atoms with Crippen molar-refractivity contribution in [2.75, 3.05) is 24.3 Å². The smallest absolute Gasteiger partial charge is 0.261 e. The van der Waals surface area contributed by atoms with E-state index in [-0.39, 0.29) is 10.6 Å². The summed E-state index contributed by atoms with van der Waals surface area (Å²) >= 11 is 0. The van der Waals surface area contributed by atoms with Crippen molar-refractivity contribution in [2.24, 2.45) is 0 Å². The van der Waals surface area contributed by atoms with Crippen LogP contribution in [0, 0.1) is 5.82 Å². The molecule has 0 aromatic heterocycles. The van der Waals surface area contributed by atoms with Crippen LogP contribution in [0.1, 0.15) is 10.4 Å². The summed E-state index contributed by atoms with van der Waals surface area (Å²) in [6, 6.07) is 15.3. The molecule has 3 aromatic rings. The first-order chi connectivity index (χ1) is 14.3. The predicted molar refractivity (Wildman–Crippen MR) is 111 cm³/mol. The van der Waals surface area contributed by atoms with E-state index in [0.29, 0.717) is 22.7 Å². The molecule has 30 heavy (non-hydrogen) atoms. The minimum absolute atomic E-state index is 0.0716. The van der Waals surface area contributed by atoms with Crippen LogP contribution >= 0.6 is 0 Å². The van der Waals surface area contributed by atoms with Crippen LogP contribution in [0.5, 0.6) is 11.5 Å². The first-order valence-corrected chi connectivity index (χ1v) is 10.2. The Hall–Kier alpha value is -3.59. The molecule has 0 spiro atoms. The molecule has 0 saturated carbocycles. The maximum atomic E-state index is 13.0. The zero-order valence-electron chi connectivity index (χ0n) is 16.2. The van der Waals surface area contributed by atoms with E-state index in [0.717, 1.165) is 12.1 Å². The largest absolute Gasteiger partial charge is 0.497 e. The Morgan fingerprint density at radius 2 is 1.40 bits per heavy atom. The summed E-state index contributed by atoms with van der Waals surface area (Å²) in [7, 11) is -0.860. The molecule has 7 nitrogen and oxygen atoms in total. The van der Waals surface area contributed by atoms with Gasteiger partial charge in [0.05, 0.1) is 19.1 Å². The van der Waals surface area contributed by atoms with Crippen molar-refractivity contribution < 1.29 is 27.1 Å². The summed E-state index contributed by atoms with van der Waals surface area (Å²) in [6.07, 6.45) is 0. The van der Waals surface area contributed by atoms with Gasteiger partial charge in [-0.1, -0.05) is 0 Å². The third-order valence-corrected chi connectivity index (χ3v) is 5.53. The van der Waals surface area contributed by atoms with Crippen molar-refractivity contribution >= 4 is 27.3 Å². The van der Waals surface area contributed by atoms with Gasteiger partial charge in [0, 0.05) is 35.1 Å². The van der Waals surface area contributed by atoms with Crippen LogP contribution in [0.15, 0.2) is 71.6 Å². The lowest BCUT2D eigenvalue weighted by atomic mass is 10.2. The van der Waals surface area contributed by atoms with Crippen LogP contribution in [0.25, 0.3) is 0 Å². The van der Waals surface area contributed by atoms with E-state index < -0.39 is 21.7 Å². The summed E-state index contributed by atoms with van der Waals surface area (Å²) in [5.41, 5.74) is 1.07. The van der Waals surface area contributed by atoms with Crippen molar-refractivity contribution in [3.8, 4) is 11.5 Å². The number of hydrogen-bond acceptors (Lipinski definition) is 5. The third-order valence-electron chi connectivity index (χ3n) is 4.13. The van der Waals surface area contributed by atoms with Gasteiger partial charge in [-0.3, -0.25) is 9.52 Å². The van der Waals surface area contributed by atoms with Crippen LogP contribution in [-0.4, -0.2) is 28.5 Å². The number of rotatable bonds is 7. The van der Waals surface area contributed by atoms with E-state index in [1.165, 1.54) is 50.6 Å². The van der Waals surface area contributed by atoms with E-state index in [1.54, 1.807) is 18.2 Å². The van der Waals surface area contributed by atoms with Crippen molar-refractivity contribution in [2.45, 2.75) is 4.90 Å². The number of methoxy groups -OCH3 is 2. The Morgan fingerprint density at radius 3 is 1.93 bits per heavy atom. The van der Waals surface area contributed by atoms with Gasteiger partial charge < -0.3 is 14.8 Å². The molecular formula is C21H19FN2O5S. The number of amides is 1. The highest BCUT2D eigenvalue weighted by molar-refractivity contribution is 7.92. The highest BCUT2D eigenvalue weighted by Crippen LogP contribution is 2.26. The number of anilines is 2. The lowest BCUT2D eigenvalue weighted by molar-refractivity contribution is 0.102. The number of carbonyl (C=O) groups is 1. The number of sulfonamides is 1. The number of nitrogens with one attached hydrogen (secondary N) is 2. The fourth-order valence-electron chi connectivity index (χ4n) is 2.60. The van der Waals surface area contributed by atoms with Gasteiger partial charge in [0.15, 0.2) is 0 Å². The average molecular weight is 430 g/mol. The molecular weight excluding hydrogens is 411 g/mol. The van der Waals surface area contributed by atoms with Crippen molar-refractivity contribution in [1.82, 2.24) is 0 Å². The summed E-state index contributed by atoms with van der Waals surface area (Å²) in [5, 5.41) is 2.73. The van der Waals surface area contributed by atoms with Gasteiger partial charge in [0.2, 0.25) is 0 Å². The molecule has 0 bridgehead atoms. The SMILES string of the molecule is COc1cc(NC(=O)c2ccc(NS(=O)(=O)c3ccc(F)cc3)cc2)cc(OC)c1. The van der Waals surface area contributed by atoms with Crippen molar-refractivity contribution in [3.63, 3.8) is 0 Å². The predicted octanol–water partition coefficient (Wildman–Crippen LogP) is 3.90. The normalized spacial score (nSPS) is 10.9. The molecule has 9 heteroatoms. The topological polar surface area (TPSA) is 93.7 Å². The lowest BCUT2D eigenvalue weighted by Gasteiger charge is -2.11. The van der Waals surface area contributed by atoms with Crippen LogP contribution in [-0.2, 0) is 10.0 Å². The minimum atomic E-state index is -3.87. The number of ether oxygens (including phenoxy) is 2. The first kappa shape index (κ1) is 21.1. The maximum Gasteiger partial charge on any atom is 0.261 e. The third kappa shape index (κ3) is 5.06. The second-order valence-electron chi connectivity index (χ2n) is 6.19. The standard InChI is InChI=1S/C21H19FN2O5S/c1-28-18-11-17(12-19(13-18)29-2)23-21(25)14-3-7-16(8-4-14)24-30(26,27)20-9-5-15(22)6-10-20/h3-13,24H,1-2H3,(H,23,25). The number of carbonyl (C=O) groups excluding carboxylic acids is 1. The summed E-state index contributed by atoms with van der Waals surface area (Å²) in [4.78, 5) is 12.4. The Labute approximate surface area is 173 Å². The van der Waals surface area contributed by atoms with Crippen LogP contribution in [0.3, 0.4) is 0 Å². The fraction of sp³-hybridized carbons (Fsp3) is 0.0952. The van der Waals surface area contributed by atoms with E-state index in [2.05, 4.69) is 10.0 Å². The fourth-order valence-corrected chi connectivity index (χ4v) is 3.66. The number of benzene rings is 3. The zero-order valence-corrected chi connectivity index (χ0v) is 17.0. The molecule has 0 atom stereocenters. The van der Waals surface area contributed by atoms with E-state index >= 15 is 0 Å². The molecule has 0 aliphatic carbocycles. The molecule has 2 N–H and O–H groups in total. The first-order valence-electron chi connectivity index (χ1n) is 8.73. The van der Waals surface area contributed by atoms with Crippen molar-refractivity contribution in [1.29, 1.82) is 0 Å². The molecule has 3 rings (SSSR count). The van der Waals surface area contributed by atoms with E-state index in [9.17, 15) is 17.6 Å². The quantitative estimate of drug-likeness (QED) is 0.593. The molecule has 0 aliphatic rings. The Balaban J connectivity index is 1.72. The van der Waals surface area contributed by atoms with Crippen LogP contribution in [0.4, 0.5) is 15.8 Å². The molecule has 0 unspecified atom stereocenters. The van der Waals surface area contributed by atoms with Gasteiger partial charge in [-0.15, -0.1) is 0 Å². The van der Waals surface area contributed by atoms with Gasteiger partial charge in [-0.25, -0.2) is 12.8 Å². The molecule has 3 aromatic carbocycles. The second kappa shape index (κ2) is 8.83. The van der Waals surface area contributed by atoms with Gasteiger partial charge in [0.25, 0.3) is 15.9 Å². The molecule has 0 saturated heterocycles. The second-order valence-corrected chi connectivity index (χ2v) is 7.87. The molecule has 0 radical (unpaired) electrons. The van der Waals surface area contributed by atoms with Gasteiger partial charge in [-0.05, 0) is 48.5 Å². The molecule has 156 valence electrons. The Bertz CT molecular complexity index is 1120. The zero-order chi connectivity index (χ0) is 21.7. The van der Waals surface area contributed by atoms with E-state index in [4.69, 9.17) is 9.47 Å². The summed E-state index contributed by atoms with van der Waals surface area (Å²) in [5.74, 6) is 0.126. The van der Waals surface area contributed by atoms with Gasteiger partial charge in [-0.2, -0.15) is 0 Å². The van der Waals surface area contributed by atoms with Gasteiger partial charge >= 0.3 is 0 Å². The number of hydrogen-bond donors (Lipinski definition) is 2. The highest BCUT2D eigenvalue weighted by Gasteiger charge is 2.15. The van der Waals surface area contributed by atoms with Crippen molar-refractivity contribution in [3.05, 3.63) is 78.1 Å². The number of halogens is 1. The van der Waals surface area contributed by atoms with Crippen LogP contribution in [0.2, 0.25) is 0 Å². The molecule has 0 fully saturated rings. The molecule has 0 aliphatic heterocycles.